The van der Waals surface area contributed by atoms with E-state index in [4.69, 9.17) is 5.73 Å². The Bertz CT molecular complexity index is 365. The molecular weight excluding hydrogens is 213 g/mol. The maximum atomic E-state index is 10.5. The van der Waals surface area contributed by atoms with Crippen LogP contribution < -0.4 is 35.3 Å². The summed E-state index contributed by atoms with van der Waals surface area (Å²) in [5, 5.41) is -1.35. The van der Waals surface area contributed by atoms with Gasteiger partial charge in [0.2, 0.25) is 0 Å². The minimum Gasteiger partial charge on any atom is -0.747 e. The summed E-state index contributed by atoms with van der Waals surface area (Å²) in [4.78, 5) is 0. The maximum Gasteiger partial charge on any atom is 1.00 e. The molecule has 0 saturated heterocycles. The van der Waals surface area contributed by atoms with Crippen LogP contribution in [0.4, 0.5) is 0 Å². The average molecular weight is 223 g/mol. The third kappa shape index (κ3) is 4.54. The number of nitrogens with two attached hydrogens (primary N) is 1. The monoisotopic (exact) mass is 223 g/mol. The van der Waals surface area contributed by atoms with Crippen LogP contribution in [0.25, 0.3) is 0 Å². The van der Waals surface area contributed by atoms with Crippen molar-refractivity contribution in [1.82, 2.24) is 0 Å². The van der Waals surface area contributed by atoms with Crippen LogP contribution in [0.3, 0.4) is 0 Å². The second kappa shape index (κ2) is 5.85. The van der Waals surface area contributed by atoms with Crippen molar-refractivity contribution in [2.45, 2.75) is 11.8 Å². The molecular formula is C8H10NNaO3S. The molecule has 0 aliphatic heterocycles. The van der Waals surface area contributed by atoms with Crippen molar-refractivity contribution in [1.29, 1.82) is 0 Å². The number of benzene rings is 1. The molecule has 0 heterocycles. The Morgan fingerprint density at radius 3 is 2.21 bits per heavy atom. The number of rotatable bonds is 3. The molecule has 0 aromatic heterocycles. The summed E-state index contributed by atoms with van der Waals surface area (Å²) in [6.07, 6.45) is 0.0622. The van der Waals surface area contributed by atoms with Gasteiger partial charge in [-0.15, -0.1) is 0 Å². The summed E-state index contributed by atoms with van der Waals surface area (Å²) in [5.41, 5.74) is 5.93. The van der Waals surface area contributed by atoms with Gasteiger partial charge in [-0.3, -0.25) is 0 Å². The molecule has 1 rings (SSSR count). The van der Waals surface area contributed by atoms with E-state index in [-0.39, 0.29) is 36.0 Å². The van der Waals surface area contributed by atoms with E-state index in [1.165, 1.54) is 0 Å². The Kier molecular flexibility index (Phi) is 5.88. The van der Waals surface area contributed by atoms with Gasteiger partial charge in [0.1, 0.15) is 10.1 Å². The Hall–Kier alpha value is 0.0900. The van der Waals surface area contributed by atoms with Crippen LogP contribution in [0.5, 0.6) is 0 Å². The van der Waals surface area contributed by atoms with Gasteiger partial charge in [-0.1, -0.05) is 30.3 Å². The first-order valence-corrected chi connectivity index (χ1v) is 5.21. The molecule has 72 valence electrons. The van der Waals surface area contributed by atoms with Crippen LogP contribution in [0.1, 0.15) is 5.56 Å². The first kappa shape index (κ1) is 14.1. The number of hydrogen-bond acceptors (Lipinski definition) is 4. The Morgan fingerprint density at radius 1 is 1.29 bits per heavy atom. The topological polar surface area (TPSA) is 83.2 Å². The van der Waals surface area contributed by atoms with E-state index in [9.17, 15) is 13.0 Å². The summed E-state index contributed by atoms with van der Waals surface area (Å²) in [6, 6.07) is 8.79. The van der Waals surface area contributed by atoms with Gasteiger partial charge >= 0.3 is 29.6 Å². The van der Waals surface area contributed by atoms with Crippen molar-refractivity contribution >= 4 is 10.1 Å². The van der Waals surface area contributed by atoms with Gasteiger partial charge in [-0.25, -0.2) is 8.42 Å². The molecule has 0 radical (unpaired) electrons. The van der Waals surface area contributed by atoms with E-state index < -0.39 is 15.5 Å². The van der Waals surface area contributed by atoms with Crippen LogP contribution in [0, 0.1) is 0 Å². The van der Waals surface area contributed by atoms with Gasteiger partial charge in [0.05, 0.1) is 5.37 Å². The molecule has 1 unspecified atom stereocenters. The van der Waals surface area contributed by atoms with Crippen molar-refractivity contribution in [3.05, 3.63) is 35.9 Å². The molecule has 6 heteroatoms. The van der Waals surface area contributed by atoms with E-state index in [1.807, 2.05) is 0 Å². The molecule has 0 spiro atoms. The summed E-state index contributed by atoms with van der Waals surface area (Å²) in [7, 11) is -4.37. The normalized spacial score (nSPS) is 13.0. The van der Waals surface area contributed by atoms with Crippen LogP contribution in [-0.2, 0) is 16.5 Å². The number of hydrogen-bond donors (Lipinski definition) is 1. The molecule has 4 nitrogen and oxygen atoms in total. The summed E-state index contributed by atoms with van der Waals surface area (Å²) >= 11 is 0. The van der Waals surface area contributed by atoms with E-state index in [0.717, 1.165) is 5.56 Å². The predicted molar refractivity (Wildman–Crippen MR) is 47.8 cm³/mol. The van der Waals surface area contributed by atoms with Crippen LogP contribution in [-0.4, -0.2) is 18.3 Å². The molecule has 1 aromatic rings. The first-order valence-electron chi connectivity index (χ1n) is 3.74. The van der Waals surface area contributed by atoms with Crippen LogP contribution >= 0.6 is 0 Å². The zero-order chi connectivity index (χ0) is 9.90. The average Bonchev–Trinajstić information content (AvgIpc) is 2.04. The van der Waals surface area contributed by atoms with E-state index in [0.29, 0.717) is 0 Å². The fraction of sp³-hybridized carbons (Fsp3) is 0.250. The Labute approximate surface area is 106 Å². The fourth-order valence-electron chi connectivity index (χ4n) is 0.948. The van der Waals surface area contributed by atoms with Gasteiger partial charge in [-0.2, -0.15) is 0 Å². The summed E-state index contributed by atoms with van der Waals surface area (Å²) < 4.78 is 31.4. The van der Waals surface area contributed by atoms with E-state index in [1.54, 1.807) is 30.3 Å². The first-order chi connectivity index (χ1) is 6.00. The second-order valence-corrected chi connectivity index (χ2v) is 4.31. The molecule has 14 heavy (non-hydrogen) atoms. The van der Waals surface area contributed by atoms with Gasteiger partial charge in [0, 0.05) is 6.42 Å². The molecule has 0 aliphatic rings. The van der Waals surface area contributed by atoms with Crippen molar-refractivity contribution in [2.75, 3.05) is 0 Å². The van der Waals surface area contributed by atoms with Crippen molar-refractivity contribution in [3.63, 3.8) is 0 Å². The van der Waals surface area contributed by atoms with Gasteiger partial charge in [0.15, 0.2) is 0 Å². The van der Waals surface area contributed by atoms with Crippen LogP contribution in [0.15, 0.2) is 30.3 Å². The maximum absolute atomic E-state index is 10.5. The minimum atomic E-state index is -4.37. The molecule has 0 amide bonds. The summed E-state index contributed by atoms with van der Waals surface area (Å²) in [5.74, 6) is 0. The Balaban J connectivity index is 0.00000169. The SMILES string of the molecule is NC(Cc1ccccc1)S(=O)(=O)[O-].[Na+]. The van der Waals surface area contributed by atoms with E-state index in [2.05, 4.69) is 0 Å². The van der Waals surface area contributed by atoms with Gasteiger partial charge in [-0.05, 0) is 5.56 Å². The van der Waals surface area contributed by atoms with Crippen molar-refractivity contribution in [2.24, 2.45) is 5.73 Å². The fourth-order valence-corrected chi connectivity index (χ4v) is 1.35. The quantitative estimate of drug-likeness (QED) is 0.439. The minimum absolute atomic E-state index is 0. The third-order valence-corrected chi connectivity index (χ3v) is 2.56. The van der Waals surface area contributed by atoms with Crippen molar-refractivity contribution < 1.29 is 42.5 Å². The molecule has 2 N–H and O–H groups in total. The second-order valence-electron chi connectivity index (χ2n) is 2.72. The predicted octanol–water partition coefficient (Wildman–Crippen LogP) is -2.94. The molecule has 0 bridgehead atoms. The molecule has 0 fully saturated rings. The standard InChI is InChI=1S/C8H11NO3S.Na/c9-8(13(10,11)12)6-7-4-2-1-3-5-7;/h1-5,8H,6,9H2,(H,10,11,12);/q;+1/p-1. The Morgan fingerprint density at radius 2 is 1.79 bits per heavy atom. The zero-order valence-corrected chi connectivity index (χ0v) is 10.7. The molecule has 0 aliphatic carbocycles. The molecule has 0 saturated carbocycles. The van der Waals surface area contributed by atoms with Gasteiger partial charge in [0.25, 0.3) is 0 Å². The third-order valence-electron chi connectivity index (χ3n) is 1.65. The van der Waals surface area contributed by atoms with Gasteiger partial charge < -0.3 is 10.3 Å². The van der Waals surface area contributed by atoms with Crippen LogP contribution in [0.2, 0.25) is 0 Å². The zero-order valence-electron chi connectivity index (χ0n) is 7.88. The molecule has 1 aromatic carbocycles. The smallest absolute Gasteiger partial charge is 0.747 e. The van der Waals surface area contributed by atoms with E-state index >= 15 is 0 Å². The largest absolute Gasteiger partial charge is 1.00 e. The van der Waals surface area contributed by atoms with Crippen molar-refractivity contribution in [3.8, 4) is 0 Å². The summed E-state index contributed by atoms with van der Waals surface area (Å²) in [6.45, 7) is 0. The molecule has 1 atom stereocenters.